The van der Waals surface area contributed by atoms with Crippen LogP contribution in [0.15, 0.2) is 18.2 Å². The smallest absolute Gasteiger partial charge is 0.252 e. The number of likely N-dealkylation sites (N-methyl/N-ethyl adjacent to an activating group) is 1. The molecule has 6 heteroatoms. The molecule has 0 aliphatic heterocycles. The molecule has 1 aromatic carbocycles. The lowest BCUT2D eigenvalue weighted by Crippen LogP contribution is -2.37. The minimum absolute atomic E-state index is 0. The molecule has 0 aromatic heterocycles. The number of carbonyl (C=O) groups excluding carboxylic acids is 1. The molecule has 1 unspecified atom stereocenters. The van der Waals surface area contributed by atoms with Crippen molar-refractivity contribution < 1.29 is 4.79 Å². The molecule has 0 radical (unpaired) electrons. The van der Waals surface area contributed by atoms with Gasteiger partial charge >= 0.3 is 0 Å². The molecule has 0 aliphatic rings. The average Bonchev–Trinajstić information content (AvgIpc) is 2.28. The fourth-order valence-electron chi connectivity index (χ4n) is 1.11. The van der Waals surface area contributed by atoms with Crippen LogP contribution in [-0.4, -0.2) is 25.5 Å². The summed E-state index contributed by atoms with van der Waals surface area (Å²) in [5, 5.41) is 6.48. The van der Waals surface area contributed by atoms with Crippen LogP contribution in [-0.2, 0) is 0 Å². The zero-order valence-electron chi connectivity index (χ0n) is 9.59. The van der Waals surface area contributed by atoms with Crippen molar-refractivity contribution in [3.63, 3.8) is 0 Å². The van der Waals surface area contributed by atoms with Gasteiger partial charge in [-0.2, -0.15) is 0 Å². The first-order chi connectivity index (χ1) is 7.54. The second kappa shape index (κ2) is 8.13. The van der Waals surface area contributed by atoms with E-state index in [4.69, 9.17) is 11.6 Å². The summed E-state index contributed by atoms with van der Waals surface area (Å²) in [6.07, 6.45) is 0. The van der Waals surface area contributed by atoms with Crippen molar-refractivity contribution in [3.05, 3.63) is 32.4 Å². The summed E-state index contributed by atoms with van der Waals surface area (Å²) in [4.78, 5) is 11.8. The summed E-state index contributed by atoms with van der Waals surface area (Å²) in [7, 11) is 1.86. The van der Waals surface area contributed by atoms with Gasteiger partial charge in [-0.15, -0.1) is 12.4 Å². The Morgan fingerprint density at radius 2 is 2.18 bits per heavy atom. The molecule has 17 heavy (non-hydrogen) atoms. The SMILES string of the molecule is CNC(C)CNC(=O)c1cc(Cl)ccc1I.Cl. The second-order valence-electron chi connectivity index (χ2n) is 3.52. The molecule has 0 fully saturated rings. The van der Waals surface area contributed by atoms with E-state index in [1.807, 2.05) is 20.0 Å². The first kappa shape index (κ1) is 17.0. The molecule has 1 atom stereocenters. The molecule has 2 N–H and O–H groups in total. The highest BCUT2D eigenvalue weighted by Crippen LogP contribution is 2.17. The highest BCUT2D eigenvalue weighted by molar-refractivity contribution is 14.1. The van der Waals surface area contributed by atoms with Crippen LogP contribution in [0.2, 0.25) is 5.02 Å². The van der Waals surface area contributed by atoms with Crippen LogP contribution >= 0.6 is 46.6 Å². The van der Waals surface area contributed by atoms with E-state index < -0.39 is 0 Å². The third-order valence-electron chi connectivity index (χ3n) is 2.23. The zero-order chi connectivity index (χ0) is 12.1. The van der Waals surface area contributed by atoms with Crippen LogP contribution in [0, 0.1) is 3.57 Å². The van der Waals surface area contributed by atoms with Gasteiger partial charge < -0.3 is 10.6 Å². The largest absolute Gasteiger partial charge is 0.350 e. The van der Waals surface area contributed by atoms with Gasteiger partial charge in [0.15, 0.2) is 0 Å². The van der Waals surface area contributed by atoms with E-state index >= 15 is 0 Å². The topological polar surface area (TPSA) is 41.1 Å². The molecule has 0 saturated carbocycles. The molecule has 1 amide bonds. The van der Waals surface area contributed by atoms with Crippen molar-refractivity contribution >= 4 is 52.5 Å². The summed E-state index contributed by atoms with van der Waals surface area (Å²) in [5.74, 6) is -0.0889. The summed E-state index contributed by atoms with van der Waals surface area (Å²) in [6.45, 7) is 2.60. The van der Waals surface area contributed by atoms with Crippen LogP contribution in [0.1, 0.15) is 17.3 Å². The predicted octanol–water partition coefficient (Wildman–Crippen LogP) is 2.70. The lowest BCUT2D eigenvalue weighted by atomic mass is 10.2. The maximum atomic E-state index is 11.8. The Morgan fingerprint density at radius 3 is 2.76 bits per heavy atom. The normalized spacial score (nSPS) is 11.5. The quantitative estimate of drug-likeness (QED) is 0.778. The average molecular weight is 389 g/mol. The van der Waals surface area contributed by atoms with Crippen LogP contribution in [0.4, 0.5) is 0 Å². The van der Waals surface area contributed by atoms with Gasteiger partial charge in [-0.05, 0) is 54.8 Å². The Balaban J connectivity index is 0.00000256. The van der Waals surface area contributed by atoms with E-state index in [1.54, 1.807) is 12.1 Å². The van der Waals surface area contributed by atoms with Gasteiger partial charge in [-0.1, -0.05) is 11.6 Å². The number of benzene rings is 1. The fraction of sp³-hybridized carbons (Fsp3) is 0.364. The van der Waals surface area contributed by atoms with E-state index in [0.29, 0.717) is 17.1 Å². The molecule has 0 bridgehead atoms. The number of amides is 1. The molecule has 1 rings (SSSR count). The third kappa shape index (κ3) is 5.42. The van der Waals surface area contributed by atoms with Crippen molar-refractivity contribution in [2.45, 2.75) is 13.0 Å². The minimum atomic E-state index is -0.0889. The van der Waals surface area contributed by atoms with Crippen LogP contribution in [0.25, 0.3) is 0 Å². The van der Waals surface area contributed by atoms with E-state index in [0.717, 1.165) is 3.57 Å². The fourth-order valence-corrected chi connectivity index (χ4v) is 1.87. The number of nitrogens with one attached hydrogen (secondary N) is 2. The molecule has 0 aliphatic carbocycles. The third-order valence-corrected chi connectivity index (χ3v) is 3.41. The van der Waals surface area contributed by atoms with E-state index in [2.05, 4.69) is 33.2 Å². The number of halogens is 3. The van der Waals surface area contributed by atoms with Gasteiger partial charge in [-0.25, -0.2) is 0 Å². The van der Waals surface area contributed by atoms with E-state index in [9.17, 15) is 4.79 Å². The summed E-state index contributed by atoms with van der Waals surface area (Å²) >= 11 is 7.98. The Bertz CT molecular complexity index is 388. The predicted molar refractivity (Wildman–Crippen MR) is 82.3 cm³/mol. The van der Waals surface area contributed by atoms with Gasteiger partial charge in [-0.3, -0.25) is 4.79 Å². The van der Waals surface area contributed by atoms with Crippen LogP contribution < -0.4 is 10.6 Å². The number of hydrogen-bond donors (Lipinski definition) is 2. The molecule has 3 nitrogen and oxygen atoms in total. The Labute approximate surface area is 126 Å². The maximum Gasteiger partial charge on any atom is 0.252 e. The highest BCUT2D eigenvalue weighted by Gasteiger charge is 2.10. The lowest BCUT2D eigenvalue weighted by Gasteiger charge is -2.12. The zero-order valence-corrected chi connectivity index (χ0v) is 13.3. The molecule has 0 spiro atoms. The van der Waals surface area contributed by atoms with Gasteiger partial charge in [0.25, 0.3) is 5.91 Å². The molecular formula is C11H15Cl2IN2O. The van der Waals surface area contributed by atoms with Crippen LogP contribution in [0.5, 0.6) is 0 Å². The molecule has 1 aromatic rings. The highest BCUT2D eigenvalue weighted by atomic mass is 127. The van der Waals surface area contributed by atoms with E-state index in [-0.39, 0.29) is 24.4 Å². The van der Waals surface area contributed by atoms with Gasteiger partial charge in [0.1, 0.15) is 0 Å². The van der Waals surface area contributed by atoms with Gasteiger partial charge in [0.2, 0.25) is 0 Å². The summed E-state index contributed by atoms with van der Waals surface area (Å²) < 4.78 is 0.900. The first-order valence-corrected chi connectivity index (χ1v) is 6.40. The number of carbonyl (C=O) groups is 1. The van der Waals surface area contributed by atoms with Crippen molar-refractivity contribution in [3.8, 4) is 0 Å². The Hall–Kier alpha value is -0.0400. The lowest BCUT2D eigenvalue weighted by molar-refractivity contribution is 0.0949. The second-order valence-corrected chi connectivity index (χ2v) is 5.12. The number of rotatable bonds is 4. The van der Waals surface area contributed by atoms with Crippen molar-refractivity contribution in [1.82, 2.24) is 10.6 Å². The molecule has 96 valence electrons. The van der Waals surface area contributed by atoms with Crippen molar-refractivity contribution in [2.75, 3.05) is 13.6 Å². The van der Waals surface area contributed by atoms with Gasteiger partial charge in [0.05, 0.1) is 5.56 Å². The summed E-state index contributed by atoms with van der Waals surface area (Å²) in [5.41, 5.74) is 0.622. The monoisotopic (exact) mass is 388 g/mol. The Morgan fingerprint density at radius 1 is 1.53 bits per heavy atom. The minimum Gasteiger partial charge on any atom is -0.350 e. The first-order valence-electron chi connectivity index (χ1n) is 4.95. The maximum absolute atomic E-state index is 11.8. The van der Waals surface area contributed by atoms with Crippen molar-refractivity contribution in [1.29, 1.82) is 0 Å². The molecule has 0 saturated heterocycles. The molecular weight excluding hydrogens is 374 g/mol. The van der Waals surface area contributed by atoms with E-state index in [1.165, 1.54) is 0 Å². The van der Waals surface area contributed by atoms with Gasteiger partial charge in [0, 0.05) is 21.2 Å². The standard InChI is InChI=1S/C11H14ClIN2O.ClH/c1-7(14-2)6-15-11(16)9-5-8(12)3-4-10(9)13;/h3-5,7,14H,6H2,1-2H3,(H,15,16);1H. The van der Waals surface area contributed by atoms with Crippen LogP contribution in [0.3, 0.4) is 0 Å². The Kier molecular flexibility index (Phi) is 8.11. The van der Waals surface area contributed by atoms with Crippen molar-refractivity contribution in [2.24, 2.45) is 0 Å². The molecule has 0 heterocycles. The summed E-state index contributed by atoms with van der Waals surface area (Å²) in [6, 6.07) is 5.54. The number of hydrogen-bond acceptors (Lipinski definition) is 2.